The van der Waals surface area contributed by atoms with Crippen molar-refractivity contribution in [3.05, 3.63) is 11.8 Å². The van der Waals surface area contributed by atoms with Gasteiger partial charge in [0.2, 0.25) is 16.3 Å². The number of ether oxygens (including phenoxy) is 4. The Labute approximate surface area is 246 Å². The molecule has 18 heteroatoms. The third-order valence-corrected chi connectivity index (χ3v) is 9.64. The van der Waals surface area contributed by atoms with E-state index in [1.54, 1.807) is 13.1 Å². The Hall–Kier alpha value is -1.07. The minimum absolute atomic E-state index is 0.0948. The highest BCUT2D eigenvalue weighted by molar-refractivity contribution is 7.89. The molecule has 0 bridgehead atoms. The summed E-state index contributed by atoms with van der Waals surface area (Å²) in [6, 6.07) is -2.60. The summed E-state index contributed by atoms with van der Waals surface area (Å²) in [6.45, 7) is 1.21. The molecule has 11 atom stereocenters. The number of nitrogens with one attached hydrogen (secondary N) is 2. The van der Waals surface area contributed by atoms with Crippen LogP contribution in [0.3, 0.4) is 0 Å². The molecule has 0 radical (unpaired) electrons. The fraction of sp³-hybridized carbons (Fsp3) is 0.917. The zero-order valence-corrected chi connectivity index (χ0v) is 25.0. The lowest BCUT2D eigenvalue weighted by atomic mass is 9.67. The lowest BCUT2D eigenvalue weighted by Gasteiger charge is -2.59. The molecule has 0 aromatic rings. The maximum Gasteiger partial charge on any atom is 0.215 e. The molecule has 3 rings (SSSR count). The van der Waals surface area contributed by atoms with Crippen LogP contribution in [0.15, 0.2) is 11.8 Å². The summed E-state index contributed by atoms with van der Waals surface area (Å²) in [5, 5.41) is 36.9. The molecule has 1 aliphatic carbocycles. The Morgan fingerprint density at radius 2 is 1.83 bits per heavy atom. The molecule has 3 aliphatic rings. The van der Waals surface area contributed by atoms with Crippen LogP contribution in [-0.4, -0.2) is 129 Å². The SMILES string of the molecule is CN[C@@H]1[C@@H](O)[C@@H](O[C@]2(CCCN)[C@@H](O)[C@H](O[C@H]3OC(CN)=CC[C@H]3N)[C@@H](N)C[C@]2(N)NS(=O)(=O)CCN)OC[C@]1(C)O. The number of sulfonamides is 1. The third kappa shape index (κ3) is 7.24. The Morgan fingerprint density at radius 1 is 1.14 bits per heavy atom. The van der Waals surface area contributed by atoms with Crippen LogP contribution in [0.5, 0.6) is 0 Å². The number of rotatable bonds is 13. The van der Waals surface area contributed by atoms with Crippen LogP contribution in [0.25, 0.3) is 0 Å². The van der Waals surface area contributed by atoms with Crippen molar-refractivity contribution in [2.75, 3.05) is 39.0 Å². The van der Waals surface area contributed by atoms with Crippen LogP contribution in [0.2, 0.25) is 0 Å². The Kier molecular flexibility index (Phi) is 11.7. The minimum Gasteiger partial charge on any atom is -0.467 e. The molecule has 0 aromatic carbocycles. The van der Waals surface area contributed by atoms with E-state index in [1.165, 1.54) is 6.92 Å². The minimum atomic E-state index is -4.13. The molecule has 42 heavy (non-hydrogen) atoms. The second-order valence-corrected chi connectivity index (χ2v) is 13.4. The highest BCUT2D eigenvalue weighted by Crippen LogP contribution is 2.45. The van der Waals surface area contributed by atoms with Crippen LogP contribution in [0.4, 0.5) is 0 Å². The molecule has 2 fully saturated rings. The van der Waals surface area contributed by atoms with Gasteiger partial charge in [-0.1, -0.05) is 0 Å². The molecule has 0 amide bonds. The first-order chi connectivity index (χ1) is 19.6. The maximum absolute atomic E-state index is 13.0. The number of nitrogens with two attached hydrogens (primary N) is 6. The predicted octanol–water partition coefficient (Wildman–Crippen LogP) is -5.54. The van der Waals surface area contributed by atoms with Crippen molar-refractivity contribution in [3.63, 3.8) is 0 Å². The molecule has 2 aliphatic heterocycles. The Bertz CT molecular complexity index is 1040. The fourth-order valence-corrected chi connectivity index (χ4v) is 7.24. The molecule has 17 nitrogen and oxygen atoms in total. The molecular weight excluding hydrogens is 576 g/mol. The van der Waals surface area contributed by atoms with Crippen molar-refractivity contribution in [2.45, 2.75) is 98.5 Å². The molecule has 17 N–H and O–H groups in total. The Balaban J connectivity index is 2.09. The van der Waals surface area contributed by atoms with Gasteiger partial charge in [0.15, 0.2) is 6.29 Å². The second kappa shape index (κ2) is 13.9. The van der Waals surface area contributed by atoms with E-state index >= 15 is 0 Å². The van der Waals surface area contributed by atoms with Gasteiger partial charge in [-0.3, -0.25) is 0 Å². The van der Waals surface area contributed by atoms with Gasteiger partial charge in [0, 0.05) is 19.0 Å². The quantitative estimate of drug-likeness (QED) is 0.0849. The van der Waals surface area contributed by atoms with Crippen molar-refractivity contribution in [2.24, 2.45) is 34.4 Å². The Morgan fingerprint density at radius 3 is 2.43 bits per heavy atom. The largest absolute Gasteiger partial charge is 0.467 e. The fourth-order valence-electron chi connectivity index (χ4n) is 6.02. The van der Waals surface area contributed by atoms with E-state index in [-0.39, 0.29) is 45.5 Å². The molecule has 246 valence electrons. The van der Waals surface area contributed by atoms with E-state index in [1.807, 2.05) is 0 Å². The summed E-state index contributed by atoms with van der Waals surface area (Å²) in [4.78, 5) is 0. The molecule has 1 saturated carbocycles. The third-order valence-electron chi connectivity index (χ3n) is 8.20. The number of likely N-dealkylation sites (N-methyl/N-ethyl adjacent to an activating group) is 1. The summed E-state index contributed by atoms with van der Waals surface area (Å²) in [6.07, 6.45) is -5.06. The van der Waals surface area contributed by atoms with E-state index in [0.717, 1.165) is 0 Å². The number of hydrogen-bond donors (Lipinski definition) is 11. The molecule has 0 unspecified atom stereocenters. The van der Waals surface area contributed by atoms with Crippen LogP contribution in [0.1, 0.15) is 32.6 Å². The van der Waals surface area contributed by atoms with Crippen molar-refractivity contribution < 1.29 is 42.7 Å². The molecular formula is C24H50N8O9S. The van der Waals surface area contributed by atoms with Crippen LogP contribution < -0.4 is 44.4 Å². The summed E-state index contributed by atoms with van der Waals surface area (Å²) in [5.74, 6) is -0.0334. The average molecular weight is 627 g/mol. The van der Waals surface area contributed by atoms with E-state index in [9.17, 15) is 23.7 Å². The zero-order chi connectivity index (χ0) is 31.5. The van der Waals surface area contributed by atoms with Crippen LogP contribution >= 0.6 is 0 Å². The highest BCUT2D eigenvalue weighted by Gasteiger charge is 2.65. The second-order valence-electron chi connectivity index (χ2n) is 11.5. The van der Waals surface area contributed by atoms with Crippen LogP contribution in [-0.2, 0) is 29.0 Å². The van der Waals surface area contributed by atoms with Gasteiger partial charge in [-0.05, 0) is 45.9 Å². The number of hydrogen-bond acceptors (Lipinski definition) is 16. The van der Waals surface area contributed by atoms with Crippen molar-refractivity contribution >= 4 is 10.0 Å². The smallest absolute Gasteiger partial charge is 0.215 e. The summed E-state index contributed by atoms with van der Waals surface area (Å²) in [5.41, 5.74) is 31.1. The monoisotopic (exact) mass is 626 g/mol. The number of aliphatic hydroxyl groups is 3. The van der Waals surface area contributed by atoms with Gasteiger partial charge < -0.3 is 74.0 Å². The van der Waals surface area contributed by atoms with Crippen LogP contribution in [0, 0.1) is 0 Å². The first-order valence-electron chi connectivity index (χ1n) is 14.1. The van der Waals surface area contributed by atoms with Gasteiger partial charge in [0.25, 0.3) is 0 Å². The van der Waals surface area contributed by atoms with Gasteiger partial charge in [-0.15, -0.1) is 0 Å². The standard InChI is InChI=1S/C24H50N8O9S/c1-22(35)12-38-21(16(33)18(22)31-2)41-23(6-3-7-25)19(34)17(40-20-14(28)5-4-13(11-27)39-20)15(29)10-24(23,30)32-42(36,37)9-8-26/h4,14-21,31-35H,3,5-12,25-30H2,1-2H3/t14-,15+,16-,17-,18-,19+,20-,21-,22+,23-,24+/m1/s1. The average Bonchev–Trinajstić information content (AvgIpc) is 2.90. The van der Waals surface area contributed by atoms with Crippen molar-refractivity contribution in [3.8, 4) is 0 Å². The highest BCUT2D eigenvalue weighted by atomic mass is 32.2. The van der Waals surface area contributed by atoms with Gasteiger partial charge in [-0.2, -0.15) is 4.72 Å². The first-order valence-corrected chi connectivity index (χ1v) is 15.7. The van der Waals surface area contributed by atoms with Gasteiger partial charge >= 0.3 is 0 Å². The van der Waals surface area contributed by atoms with E-state index in [0.29, 0.717) is 12.2 Å². The molecule has 0 spiro atoms. The molecule has 0 aromatic heterocycles. The van der Waals surface area contributed by atoms with Gasteiger partial charge in [0.1, 0.15) is 40.9 Å². The molecule has 2 heterocycles. The first kappa shape index (κ1) is 35.4. The summed E-state index contributed by atoms with van der Waals surface area (Å²) < 4.78 is 52.6. The topological polar surface area (TPSA) is 312 Å². The van der Waals surface area contributed by atoms with Crippen molar-refractivity contribution in [1.82, 2.24) is 10.0 Å². The lowest BCUT2D eigenvalue weighted by molar-refractivity contribution is -0.345. The predicted molar refractivity (Wildman–Crippen MR) is 152 cm³/mol. The van der Waals surface area contributed by atoms with Gasteiger partial charge in [0.05, 0.1) is 31.0 Å². The normalized spacial score (nSPS) is 43.1. The van der Waals surface area contributed by atoms with Gasteiger partial charge in [-0.25, -0.2) is 8.42 Å². The van der Waals surface area contributed by atoms with E-state index in [2.05, 4.69) is 10.0 Å². The van der Waals surface area contributed by atoms with Crippen molar-refractivity contribution in [1.29, 1.82) is 0 Å². The van der Waals surface area contributed by atoms with E-state index in [4.69, 9.17) is 53.3 Å². The zero-order valence-electron chi connectivity index (χ0n) is 24.2. The lowest BCUT2D eigenvalue weighted by Crippen LogP contribution is -2.83. The van der Waals surface area contributed by atoms with E-state index < -0.39 is 81.7 Å². The summed E-state index contributed by atoms with van der Waals surface area (Å²) >= 11 is 0. The molecule has 1 saturated heterocycles. The maximum atomic E-state index is 13.0. The number of aliphatic hydroxyl groups excluding tert-OH is 2. The summed E-state index contributed by atoms with van der Waals surface area (Å²) in [7, 11) is -2.58.